The lowest BCUT2D eigenvalue weighted by Gasteiger charge is -2.34. The van der Waals surface area contributed by atoms with Gasteiger partial charge in [-0.2, -0.15) is 0 Å². The maximum absolute atomic E-state index is 12.8. The molecule has 1 fully saturated rings. The van der Waals surface area contributed by atoms with Crippen LogP contribution in [0.3, 0.4) is 0 Å². The van der Waals surface area contributed by atoms with E-state index >= 15 is 0 Å². The molecule has 1 saturated heterocycles. The van der Waals surface area contributed by atoms with E-state index in [0.29, 0.717) is 17.3 Å². The first kappa shape index (κ1) is 24.5. The zero-order valence-corrected chi connectivity index (χ0v) is 19.5. The highest BCUT2D eigenvalue weighted by Gasteiger charge is 2.24. The van der Waals surface area contributed by atoms with Gasteiger partial charge in [-0.05, 0) is 51.4 Å². The van der Waals surface area contributed by atoms with E-state index in [0.717, 1.165) is 37.2 Å². The van der Waals surface area contributed by atoms with E-state index in [1.54, 1.807) is 6.07 Å². The van der Waals surface area contributed by atoms with Gasteiger partial charge in [-0.25, -0.2) is 4.98 Å². The summed E-state index contributed by atoms with van der Waals surface area (Å²) in [7, 11) is 1.95. The molecule has 30 heavy (non-hydrogen) atoms. The van der Waals surface area contributed by atoms with E-state index in [2.05, 4.69) is 25.5 Å². The Morgan fingerprint density at radius 2 is 1.93 bits per heavy atom. The number of nitrogens with one attached hydrogen (secondary N) is 3. The summed E-state index contributed by atoms with van der Waals surface area (Å²) in [6.45, 7) is 5.59. The molecular weight excluding hydrogens is 449 g/mol. The fourth-order valence-electron chi connectivity index (χ4n) is 3.64. The first-order valence-corrected chi connectivity index (χ1v) is 10.3. The molecule has 7 nitrogen and oxygen atoms in total. The number of amides is 1. The van der Waals surface area contributed by atoms with Gasteiger partial charge >= 0.3 is 0 Å². The Labute approximate surface area is 192 Å². The standard InChI is InChI=1S/C20H25Cl2N5O2.ClH/c1-11-8-12(2)25-19(28)14(11)10-24-20(29)18-17(22)15(9-16(21)26-18)27(3)13-4-6-23-7-5-13;/h8-9,13,23H,4-7,10H2,1-3H3,(H,24,29)(H,25,28);1H. The summed E-state index contributed by atoms with van der Waals surface area (Å²) in [5.74, 6) is -0.475. The molecule has 1 aliphatic heterocycles. The average Bonchev–Trinajstić information content (AvgIpc) is 2.68. The van der Waals surface area contributed by atoms with Gasteiger partial charge in [0.25, 0.3) is 11.5 Å². The average molecular weight is 475 g/mol. The maximum atomic E-state index is 12.8. The highest BCUT2D eigenvalue weighted by atomic mass is 35.5. The molecular formula is C20H26Cl3N5O2. The third kappa shape index (κ3) is 5.46. The largest absolute Gasteiger partial charge is 0.370 e. The van der Waals surface area contributed by atoms with Crippen molar-refractivity contribution >= 4 is 47.2 Å². The lowest BCUT2D eigenvalue weighted by atomic mass is 10.0. The summed E-state index contributed by atoms with van der Waals surface area (Å²) in [4.78, 5) is 33.9. The first-order chi connectivity index (χ1) is 13.8. The third-order valence-corrected chi connectivity index (χ3v) is 5.84. The van der Waals surface area contributed by atoms with Gasteiger partial charge in [0.2, 0.25) is 0 Å². The molecule has 0 atom stereocenters. The molecule has 0 bridgehead atoms. The lowest BCUT2D eigenvalue weighted by Crippen LogP contribution is -2.41. The number of nitrogens with zero attached hydrogens (tertiary/aromatic N) is 2. The number of anilines is 1. The molecule has 10 heteroatoms. The van der Waals surface area contributed by atoms with Crippen LogP contribution in [0.1, 0.15) is 40.2 Å². The van der Waals surface area contributed by atoms with Gasteiger partial charge in [-0.15, -0.1) is 12.4 Å². The summed E-state index contributed by atoms with van der Waals surface area (Å²) in [6.07, 6.45) is 1.95. The molecule has 1 amide bonds. The molecule has 2 aromatic heterocycles. The molecule has 164 valence electrons. The summed E-state index contributed by atoms with van der Waals surface area (Å²) in [6, 6.07) is 3.84. The van der Waals surface area contributed by atoms with Crippen LogP contribution in [0.15, 0.2) is 16.9 Å². The van der Waals surface area contributed by atoms with Crippen molar-refractivity contribution in [1.82, 2.24) is 20.6 Å². The van der Waals surface area contributed by atoms with Crippen molar-refractivity contribution in [2.45, 2.75) is 39.3 Å². The number of pyridine rings is 2. The Bertz CT molecular complexity index is 974. The van der Waals surface area contributed by atoms with Crippen molar-refractivity contribution < 1.29 is 4.79 Å². The number of halogens is 3. The van der Waals surface area contributed by atoms with Crippen LogP contribution < -0.4 is 21.1 Å². The molecule has 0 aliphatic carbocycles. The van der Waals surface area contributed by atoms with Crippen molar-refractivity contribution in [1.29, 1.82) is 0 Å². The van der Waals surface area contributed by atoms with Gasteiger partial charge in [-0.3, -0.25) is 9.59 Å². The molecule has 0 aromatic carbocycles. The van der Waals surface area contributed by atoms with E-state index < -0.39 is 5.91 Å². The Morgan fingerprint density at radius 3 is 2.57 bits per heavy atom. The van der Waals surface area contributed by atoms with Crippen LogP contribution in [-0.4, -0.2) is 42.1 Å². The summed E-state index contributed by atoms with van der Waals surface area (Å²) < 4.78 is 0. The Kier molecular flexibility index (Phi) is 8.55. The molecule has 3 heterocycles. The summed E-state index contributed by atoms with van der Waals surface area (Å²) in [5, 5.41) is 6.51. The molecule has 3 rings (SSSR count). The van der Waals surface area contributed by atoms with Crippen LogP contribution in [0.4, 0.5) is 5.69 Å². The number of aromatic amines is 1. The normalized spacial score (nSPS) is 14.2. The number of piperidine rings is 1. The molecule has 3 N–H and O–H groups in total. The maximum Gasteiger partial charge on any atom is 0.271 e. The number of carbonyl (C=O) groups is 1. The molecule has 2 aromatic rings. The van der Waals surface area contributed by atoms with Gasteiger partial charge in [0.1, 0.15) is 5.15 Å². The number of H-pyrrole nitrogens is 1. The number of hydrogen-bond acceptors (Lipinski definition) is 5. The minimum Gasteiger partial charge on any atom is -0.370 e. The second-order valence-corrected chi connectivity index (χ2v) is 8.11. The Hall–Kier alpha value is -1.80. The SMILES string of the molecule is Cc1cc(C)c(CNC(=O)c2nc(Cl)cc(N(C)C3CCNCC3)c2Cl)c(=O)[nH]1.Cl. The van der Waals surface area contributed by atoms with Crippen LogP contribution >= 0.6 is 35.6 Å². The van der Waals surface area contributed by atoms with Gasteiger partial charge in [-0.1, -0.05) is 23.2 Å². The molecule has 0 unspecified atom stereocenters. The van der Waals surface area contributed by atoms with Crippen LogP contribution in [0.2, 0.25) is 10.2 Å². The van der Waals surface area contributed by atoms with Crippen LogP contribution in [-0.2, 0) is 6.54 Å². The van der Waals surface area contributed by atoms with Crippen molar-refractivity contribution in [3.05, 3.63) is 55.2 Å². The highest BCUT2D eigenvalue weighted by Crippen LogP contribution is 2.32. The molecule has 0 radical (unpaired) electrons. The fraction of sp³-hybridized carbons (Fsp3) is 0.450. The van der Waals surface area contributed by atoms with Crippen molar-refractivity contribution in [3.63, 3.8) is 0 Å². The Balaban J connectivity index is 0.00000320. The minimum absolute atomic E-state index is 0. The molecule has 1 aliphatic rings. The van der Waals surface area contributed by atoms with Gasteiger partial charge in [0, 0.05) is 37.0 Å². The quantitative estimate of drug-likeness (QED) is 0.579. The summed E-state index contributed by atoms with van der Waals surface area (Å²) >= 11 is 12.7. The van der Waals surface area contributed by atoms with Gasteiger partial charge < -0.3 is 20.5 Å². The number of aromatic nitrogens is 2. The predicted molar refractivity (Wildman–Crippen MR) is 124 cm³/mol. The van der Waals surface area contributed by atoms with Crippen LogP contribution in [0.5, 0.6) is 0 Å². The predicted octanol–water partition coefficient (Wildman–Crippen LogP) is 3.23. The van der Waals surface area contributed by atoms with Crippen molar-refractivity contribution in [2.75, 3.05) is 25.0 Å². The van der Waals surface area contributed by atoms with E-state index in [-0.39, 0.29) is 40.4 Å². The monoisotopic (exact) mass is 473 g/mol. The molecule has 0 saturated carbocycles. The number of rotatable bonds is 5. The zero-order chi connectivity index (χ0) is 21.1. The fourth-order valence-corrected chi connectivity index (χ4v) is 4.14. The number of carbonyl (C=O) groups excluding carboxylic acids is 1. The second kappa shape index (κ2) is 10.5. The number of hydrogen-bond donors (Lipinski definition) is 3. The van der Waals surface area contributed by atoms with E-state index in [9.17, 15) is 9.59 Å². The summed E-state index contributed by atoms with van der Waals surface area (Å²) in [5.41, 5.74) is 2.58. The topological polar surface area (TPSA) is 90.1 Å². The van der Waals surface area contributed by atoms with Crippen molar-refractivity contribution in [2.24, 2.45) is 0 Å². The van der Waals surface area contributed by atoms with Crippen LogP contribution in [0, 0.1) is 13.8 Å². The number of aryl methyl sites for hydroxylation is 2. The minimum atomic E-state index is -0.475. The third-order valence-electron chi connectivity index (χ3n) is 5.28. The zero-order valence-electron chi connectivity index (χ0n) is 17.1. The Morgan fingerprint density at radius 1 is 1.27 bits per heavy atom. The smallest absolute Gasteiger partial charge is 0.271 e. The first-order valence-electron chi connectivity index (χ1n) is 9.55. The van der Waals surface area contributed by atoms with Crippen molar-refractivity contribution in [3.8, 4) is 0 Å². The van der Waals surface area contributed by atoms with Gasteiger partial charge in [0.05, 0.1) is 10.7 Å². The van der Waals surface area contributed by atoms with E-state index in [1.807, 2.05) is 27.0 Å². The van der Waals surface area contributed by atoms with E-state index in [4.69, 9.17) is 23.2 Å². The van der Waals surface area contributed by atoms with Gasteiger partial charge in [0.15, 0.2) is 5.69 Å². The van der Waals surface area contributed by atoms with Crippen LogP contribution in [0.25, 0.3) is 0 Å². The lowest BCUT2D eigenvalue weighted by molar-refractivity contribution is 0.0946. The van der Waals surface area contributed by atoms with E-state index in [1.165, 1.54) is 0 Å². The second-order valence-electron chi connectivity index (χ2n) is 7.34. The highest BCUT2D eigenvalue weighted by molar-refractivity contribution is 6.37. The molecule has 0 spiro atoms.